The van der Waals surface area contributed by atoms with Crippen LogP contribution in [0.2, 0.25) is 0 Å². The van der Waals surface area contributed by atoms with E-state index in [9.17, 15) is 19.8 Å². The number of aromatic nitrogens is 2. The fraction of sp³-hybridized carbons (Fsp3) is 0.619. The maximum Gasteiger partial charge on any atom is 0.353 e. The van der Waals surface area contributed by atoms with Gasteiger partial charge in [-0.25, -0.2) is 13.9 Å². The number of aliphatic hydroxyl groups excluding tert-OH is 1. The van der Waals surface area contributed by atoms with E-state index in [-0.39, 0.29) is 41.2 Å². The van der Waals surface area contributed by atoms with E-state index in [2.05, 4.69) is 11.4 Å². The number of amides is 1. The topological polar surface area (TPSA) is 122 Å². The fourth-order valence-corrected chi connectivity index (χ4v) is 6.57. The van der Waals surface area contributed by atoms with Crippen molar-refractivity contribution in [3.8, 4) is 6.07 Å². The van der Waals surface area contributed by atoms with E-state index in [4.69, 9.17) is 5.26 Å². The van der Waals surface area contributed by atoms with Crippen LogP contribution in [0.1, 0.15) is 32.4 Å². The SMILES string of the molecule is C[C@@H](O)[C@H]1C(=O)N2C(C(=O)O)=C(S[C@@H]3CN[C@H](CC[n+]4cc(C#N)n(C)c4)C3)[C@H](C)[C@H]12.[Cl-]. The van der Waals surface area contributed by atoms with Crippen LogP contribution in [-0.4, -0.2) is 61.5 Å². The summed E-state index contributed by atoms with van der Waals surface area (Å²) in [6.07, 6.45) is 4.78. The lowest BCUT2D eigenvalue weighted by Crippen LogP contribution is -3.00. The Morgan fingerprint density at radius 2 is 2.22 bits per heavy atom. The molecular formula is C21H28ClN5O4S. The second kappa shape index (κ2) is 9.43. The third-order valence-electron chi connectivity index (χ3n) is 6.63. The van der Waals surface area contributed by atoms with E-state index in [1.54, 1.807) is 23.3 Å². The standard InChI is InChI=1S/C21H27N5O4S.ClH/c1-11-17-16(12(2)27)20(28)26(17)18(21(29)30)19(11)31-15-6-13(23-8-15)4-5-25-9-14(7-22)24(3)10-25;/h9-13,15-17,23,27H,4-6,8H2,1-3H3;1H/t11-,12-,13-,15+,16-,17-;/m1./s1. The number of carboxylic acids is 1. The minimum absolute atomic E-state index is 0. The number of fused-ring (bicyclic) bond motifs is 1. The molecule has 1 amide bonds. The summed E-state index contributed by atoms with van der Waals surface area (Å²) >= 11 is 1.57. The lowest BCUT2D eigenvalue weighted by Gasteiger charge is -2.46. The average molecular weight is 482 g/mol. The van der Waals surface area contributed by atoms with Gasteiger partial charge in [0.2, 0.25) is 17.9 Å². The van der Waals surface area contributed by atoms with Gasteiger partial charge in [-0.15, -0.1) is 11.8 Å². The molecule has 4 heterocycles. The van der Waals surface area contributed by atoms with Gasteiger partial charge in [0.1, 0.15) is 18.0 Å². The fourth-order valence-electron chi connectivity index (χ4n) is 5.05. The van der Waals surface area contributed by atoms with Crippen LogP contribution in [0.5, 0.6) is 0 Å². The number of carbonyl (C=O) groups is 2. The Balaban J connectivity index is 0.00000289. The summed E-state index contributed by atoms with van der Waals surface area (Å²) in [7, 11) is 1.85. The second-order valence-electron chi connectivity index (χ2n) is 8.73. The van der Waals surface area contributed by atoms with Crippen molar-refractivity contribution in [1.82, 2.24) is 14.8 Å². The molecule has 3 aliphatic heterocycles. The monoisotopic (exact) mass is 481 g/mol. The molecule has 11 heteroatoms. The number of hydrogen-bond acceptors (Lipinski definition) is 6. The molecule has 32 heavy (non-hydrogen) atoms. The van der Waals surface area contributed by atoms with Gasteiger partial charge in [0.25, 0.3) is 0 Å². The van der Waals surface area contributed by atoms with E-state index < -0.39 is 18.0 Å². The summed E-state index contributed by atoms with van der Waals surface area (Å²) in [4.78, 5) is 26.5. The number of nitriles is 1. The molecule has 2 saturated heterocycles. The highest BCUT2D eigenvalue weighted by molar-refractivity contribution is 8.03. The van der Waals surface area contributed by atoms with Crippen LogP contribution in [-0.2, 0) is 23.2 Å². The summed E-state index contributed by atoms with van der Waals surface area (Å²) in [6, 6.07) is 2.20. The Hall–Kier alpha value is -2.06. The summed E-state index contributed by atoms with van der Waals surface area (Å²) in [6.45, 7) is 5.12. The van der Waals surface area contributed by atoms with Crippen LogP contribution in [0.3, 0.4) is 0 Å². The van der Waals surface area contributed by atoms with Crippen molar-refractivity contribution >= 4 is 23.6 Å². The van der Waals surface area contributed by atoms with Gasteiger partial charge in [-0.1, -0.05) is 6.92 Å². The first-order chi connectivity index (χ1) is 14.7. The molecule has 0 unspecified atom stereocenters. The molecule has 3 N–H and O–H groups in total. The number of aryl methyl sites for hydroxylation is 2. The largest absolute Gasteiger partial charge is 1.00 e. The predicted molar refractivity (Wildman–Crippen MR) is 112 cm³/mol. The zero-order valence-corrected chi connectivity index (χ0v) is 19.8. The number of rotatable bonds is 7. The number of hydrogen-bond donors (Lipinski definition) is 3. The van der Waals surface area contributed by atoms with E-state index in [0.29, 0.717) is 11.7 Å². The summed E-state index contributed by atoms with van der Waals surface area (Å²) in [5.74, 6) is -2.00. The van der Waals surface area contributed by atoms with Gasteiger partial charge in [-0.05, 0) is 13.3 Å². The lowest BCUT2D eigenvalue weighted by molar-refractivity contribution is -0.697. The van der Waals surface area contributed by atoms with Gasteiger partial charge in [0.05, 0.1) is 31.7 Å². The Labute approximate surface area is 197 Å². The molecule has 0 radical (unpaired) electrons. The molecule has 9 nitrogen and oxygen atoms in total. The van der Waals surface area contributed by atoms with E-state index in [0.717, 1.165) is 30.8 Å². The van der Waals surface area contributed by atoms with Crippen LogP contribution >= 0.6 is 11.8 Å². The highest BCUT2D eigenvalue weighted by Crippen LogP contribution is 2.51. The molecule has 4 rings (SSSR count). The number of aliphatic carboxylic acids is 1. The van der Waals surface area contributed by atoms with Crippen LogP contribution in [0.25, 0.3) is 0 Å². The van der Waals surface area contributed by atoms with Crippen molar-refractivity contribution in [1.29, 1.82) is 5.26 Å². The lowest BCUT2D eigenvalue weighted by atomic mass is 9.79. The average Bonchev–Trinajstić information content (AvgIpc) is 3.36. The second-order valence-corrected chi connectivity index (χ2v) is 10.1. The Morgan fingerprint density at radius 1 is 1.50 bits per heavy atom. The van der Waals surface area contributed by atoms with Crippen LogP contribution in [0.4, 0.5) is 0 Å². The quantitative estimate of drug-likeness (QED) is 0.284. The van der Waals surface area contributed by atoms with Gasteiger partial charge in [0, 0.05) is 35.1 Å². The van der Waals surface area contributed by atoms with Gasteiger partial charge in [-0.2, -0.15) is 5.26 Å². The number of carbonyl (C=O) groups excluding carboxylic acids is 1. The van der Waals surface area contributed by atoms with Gasteiger partial charge >= 0.3 is 5.97 Å². The first-order valence-electron chi connectivity index (χ1n) is 10.6. The van der Waals surface area contributed by atoms with Crippen LogP contribution in [0.15, 0.2) is 23.1 Å². The molecular weight excluding hydrogens is 454 g/mol. The molecule has 6 atom stereocenters. The number of imidazole rings is 1. The molecule has 0 aliphatic carbocycles. The van der Waals surface area contributed by atoms with Crippen LogP contribution in [0, 0.1) is 23.2 Å². The molecule has 0 bridgehead atoms. The number of nitrogens with one attached hydrogen (secondary N) is 1. The number of carboxylic acid groups (broad SMARTS) is 1. The van der Waals surface area contributed by atoms with Crippen molar-refractivity contribution < 1.29 is 36.8 Å². The van der Waals surface area contributed by atoms with Crippen molar-refractivity contribution in [2.45, 2.75) is 56.7 Å². The maximum atomic E-state index is 12.5. The zero-order chi connectivity index (χ0) is 22.4. The third kappa shape index (κ3) is 4.15. The maximum absolute atomic E-state index is 12.5. The van der Waals surface area contributed by atoms with Crippen molar-refractivity contribution in [3.63, 3.8) is 0 Å². The molecule has 174 valence electrons. The van der Waals surface area contributed by atoms with Crippen molar-refractivity contribution in [2.24, 2.45) is 18.9 Å². The first-order valence-corrected chi connectivity index (χ1v) is 11.4. The molecule has 3 aliphatic rings. The van der Waals surface area contributed by atoms with E-state index >= 15 is 0 Å². The van der Waals surface area contributed by atoms with Gasteiger partial charge < -0.3 is 32.8 Å². The highest BCUT2D eigenvalue weighted by atomic mass is 35.5. The number of β-lactam (4-membered cyclic amide) rings is 1. The van der Waals surface area contributed by atoms with Crippen LogP contribution < -0.4 is 22.3 Å². The smallest absolute Gasteiger partial charge is 0.353 e. The summed E-state index contributed by atoms with van der Waals surface area (Å²) in [5, 5.41) is 32.6. The normalized spacial score (nSPS) is 29.9. The summed E-state index contributed by atoms with van der Waals surface area (Å²) < 4.78 is 3.81. The summed E-state index contributed by atoms with van der Waals surface area (Å²) in [5.41, 5.74) is 0.711. The first kappa shape index (κ1) is 24.6. The van der Waals surface area contributed by atoms with Gasteiger partial charge in [-0.3, -0.25) is 4.79 Å². The molecule has 1 aromatic heterocycles. The third-order valence-corrected chi connectivity index (χ3v) is 8.14. The predicted octanol–water partition coefficient (Wildman–Crippen LogP) is -2.80. The minimum Gasteiger partial charge on any atom is -1.00 e. The van der Waals surface area contributed by atoms with Crippen molar-refractivity contribution in [2.75, 3.05) is 6.54 Å². The van der Waals surface area contributed by atoms with E-state index in [1.807, 2.05) is 31.1 Å². The van der Waals surface area contributed by atoms with Crippen molar-refractivity contribution in [3.05, 3.63) is 28.8 Å². The Kier molecular flexibility index (Phi) is 7.25. The molecule has 0 spiro atoms. The molecule has 2 fully saturated rings. The number of thioether (sulfide) groups is 1. The van der Waals surface area contributed by atoms with E-state index in [1.165, 1.54) is 4.90 Å². The number of halogens is 1. The molecule has 0 saturated carbocycles. The van der Waals surface area contributed by atoms with Gasteiger partial charge in [0.15, 0.2) is 0 Å². The highest BCUT2D eigenvalue weighted by Gasteiger charge is 2.60. The zero-order valence-electron chi connectivity index (χ0n) is 18.2. The molecule has 0 aromatic carbocycles. The minimum atomic E-state index is -1.08. The molecule has 1 aromatic rings. The number of aliphatic hydroxyl groups is 1. The Morgan fingerprint density at radius 3 is 2.81 bits per heavy atom. The Bertz CT molecular complexity index is 987. The number of nitrogens with zero attached hydrogens (tertiary/aromatic N) is 4.